The van der Waals surface area contributed by atoms with Gasteiger partial charge in [0.2, 0.25) is 0 Å². The fourth-order valence-corrected chi connectivity index (χ4v) is 2.49. The third-order valence-electron chi connectivity index (χ3n) is 3.22. The third kappa shape index (κ3) is 1.90. The zero-order valence-corrected chi connectivity index (χ0v) is 8.99. The van der Waals surface area contributed by atoms with Crippen molar-refractivity contribution in [2.75, 3.05) is 20.5 Å². The van der Waals surface area contributed by atoms with Gasteiger partial charge in [-0.05, 0) is 18.9 Å². The molecule has 0 spiro atoms. The number of rotatable bonds is 4. The predicted octanol–water partition coefficient (Wildman–Crippen LogP) is 1.70. The number of ketones is 1. The van der Waals surface area contributed by atoms with Crippen molar-refractivity contribution in [1.29, 1.82) is 0 Å². The van der Waals surface area contributed by atoms with Crippen LogP contribution in [0.25, 0.3) is 0 Å². The second-order valence-corrected chi connectivity index (χ2v) is 4.44. The van der Waals surface area contributed by atoms with Crippen LogP contribution >= 0.6 is 0 Å². The van der Waals surface area contributed by atoms with E-state index in [9.17, 15) is 4.79 Å². The average Bonchev–Trinajstić information content (AvgIpc) is 2.48. The van der Waals surface area contributed by atoms with Crippen LogP contribution in [-0.2, 0) is 14.3 Å². The Labute approximate surface area is 89.8 Å². The van der Waals surface area contributed by atoms with Gasteiger partial charge in [-0.15, -0.1) is 0 Å². The lowest BCUT2D eigenvalue weighted by atomic mass is 9.81. The van der Waals surface area contributed by atoms with Crippen LogP contribution in [0.4, 0.5) is 0 Å². The molecule has 0 unspecified atom stereocenters. The van der Waals surface area contributed by atoms with Crippen molar-refractivity contribution < 1.29 is 14.3 Å². The van der Waals surface area contributed by atoms with Gasteiger partial charge < -0.3 is 9.47 Å². The Morgan fingerprint density at radius 1 is 1.67 bits per heavy atom. The van der Waals surface area contributed by atoms with Gasteiger partial charge in [0.25, 0.3) is 0 Å². The second kappa shape index (κ2) is 3.91. The van der Waals surface area contributed by atoms with E-state index in [2.05, 4.69) is 6.58 Å². The first-order valence-corrected chi connectivity index (χ1v) is 5.14. The molecule has 3 heteroatoms. The van der Waals surface area contributed by atoms with Gasteiger partial charge >= 0.3 is 0 Å². The molecule has 0 aliphatic heterocycles. The molecule has 2 aliphatic carbocycles. The molecule has 0 heterocycles. The number of carbonyl (C=O) groups is 1. The molecule has 2 aliphatic rings. The summed E-state index contributed by atoms with van der Waals surface area (Å²) in [5, 5.41) is 0. The van der Waals surface area contributed by atoms with Crippen LogP contribution in [-0.4, -0.2) is 26.3 Å². The molecule has 0 N–H and O–H groups in total. The summed E-state index contributed by atoms with van der Waals surface area (Å²) in [6, 6.07) is 0. The normalized spacial score (nSPS) is 33.8. The number of methoxy groups -OCH3 is 1. The highest BCUT2D eigenvalue weighted by molar-refractivity contribution is 5.95. The molecular formula is C12H16O3. The van der Waals surface area contributed by atoms with Crippen LogP contribution in [0.1, 0.15) is 12.8 Å². The zero-order chi connectivity index (χ0) is 10.9. The van der Waals surface area contributed by atoms with Crippen molar-refractivity contribution in [3.8, 4) is 0 Å². The minimum absolute atomic E-state index is 0.00576. The van der Waals surface area contributed by atoms with E-state index in [0.29, 0.717) is 13.4 Å². The Kier molecular flexibility index (Phi) is 2.76. The van der Waals surface area contributed by atoms with Crippen molar-refractivity contribution in [3.05, 3.63) is 24.3 Å². The van der Waals surface area contributed by atoms with Crippen LogP contribution in [0.2, 0.25) is 0 Å². The van der Waals surface area contributed by atoms with Crippen molar-refractivity contribution in [2.24, 2.45) is 11.3 Å². The number of hydrogen-bond acceptors (Lipinski definition) is 3. The first-order chi connectivity index (χ1) is 7.17. The zero-order valence-electron chi connectivity index (χ0n) is 8.99. The highest BCUT2D eigenvalue weighted by Gasteiger charge is 2.45. The number of fused-ring (bicyclic) bond motifs is 2. The molecule has 3 nitrogen and oxygen atoms in total. The van der Waals surface area contributed by atoms with Gasteiger partial charge in [-0.2, -0.15) is 0 Å². The summed E-state index contributed by atoms with van der Waals surface area (Å²) in [5.74, 6) is 0.223. The second-order valence-electron chi connectivity index (χ2n) is 4.44. The van der Waals surface area contributed by atoms with E-state index in [4.69, 9.17) is 9.47 Å². The van der Waals surface area contributed by atoms with E-state index in [1.54, 1.807) is 13.2 Å². The van der Waals surface area contributed by atoms with E-state index in [0.717, 1.165) is 18.4 Å². The number of allylic oxidation sites excluding steroid dienone is 2. The Morgan fingerprint density at radius 2 is 2.47 bits per heavy atom. The molecule has 0 amide bonds. The first kappa shape index (κ1) is 10.6. The molecule has 2 rings (SSSR count). The predicted molar refractivity (Wildman–Crippen MR) is 56.3 cm³/mol. The summed E-state index contributed by atoms with van der Waals surface area (Å²) in [6.45, 7) is 4.89. The smallest absolute Gasteiger partial charge is 0.162 e. The summed E-state index contributed by atoms with van der Waals surface area (Å²) in [4.78, 5) is 11.5. The van der Waals surface area contributed by atoms with E-state index >= 15 is 0 Å². The summed E-state index contributed by atoms with van der Waals surface area (Å²) in [7, 11) is 1.61. The van der Waals surface area contributed by atoms with E-state index in [1.807, 2.05) is 6.08 Å². The van der Waals surface area contributed by atoms with Gasteiger partial charge in [0.05, 0.1) is 6.61 Å². The summed E-state index contributed by atoms with van der Waals surface area (Å²) in [5.41, 5.74) is 1.04. The topological polar surface area (TPSA) is 35.5 Å². The number of hydrogen-bond donors (Lipinski definition) is 0. The van der Waals surface area contributed by atoms with E-state index in [1.165, 1.54) is 0 Å². The number of ether oxygens (including phenoxy) is 2. The van der Waals surface area contributed by atoms with Gasteiger partial charge in [-0.1, -0.05) is 18.2 Å². The molecule has 1 saturated carbocycles. The maximum Gasteiger partial charge on any atom is 0.162 e. The van der Waals surface area contributed by atoms with E-state index in [-0.39, 0.29) is 17.1 Å². The quantitative estimate of drug-likeness (QED) is 0.401. The standard InChI is InChI=1S/C12H16O3/c1-9-5-12(7-15-8-14-2)4-3-11(13)10(9)6-12/h3-4,10H,1,5-8H2,2H3/t10-,12-/m0/s1. The molecule has 2 atom stereocenters. The highest BCUT2D eigenvalue weighted by atomic mass is 16.7. The van der Waals surface area contributed by atoms with Crippen molar-refractivity contribution >= 4 is 5.78 Å². The number of carbonyl (C=O) groups excluding carboxylic acids is 1. The van der Waals surface area contributed by atoms with Crippen LogP contribution in [0.3, 0.4) is 0 Å². The molecule has 82 valence electrons. The molecule has 1 fully saturated rings. The van der Waals surface area contributed by atoms with Crippen LogP contribution < -0.4 is 0 Å². The molecule has 2 bridgehead atoms. The SMILES string of the molecule is C=C1C[C@@]2(COCOC)C=CC(=O)[C@H]1C2. The molecule has 0 aromatic heterocycles. The van der Waals surface area contributed by atoms with Gasteiger partial charge in [0.15, 0.2) is 5.78 Å². The van der Waals surface area contributed by atoms with Gasteiger partial charge in [-0.25, -0.2) is 0 Å². The van der Waals surface area contributed by atoms with Crippen LogP contribution in [0.5, 0.6) is 0 Å². The fourth-order valence-electron chi connectivity index (χ4n) is 2.49. The first-order valence-electron chi connectivity index (χ1n) is 5.14. The minimum Gasteiger partial charge on any atom is -0.359 e. The monoisotopic (exact) mass is 208 g/mol. The Morgan fingerprint density at radius 3 is 3.20 bits per heavy atom. The Hall–Kier alpha value is -0.930. The van der Waals surface area contributed by atoms with Crippen molar-refractivity contribution in [1.82, 2.24) is 0 Å². The van der Waals surface area contributed by atoms with E-state index < -0.39 is 0 Å². The summed E-state index contributed by atoms with van der Waals surface area (Å²) >= 11 is 0. The largest absolute Gasteiger partial charge is 0.359 e. The lowest BCUT2D eigenvalue weighted by molar-refractivity contribution is -0.118. The maximum absolute atomic E-state index is 11.5. The lowest BCUT2D eigenvalue weighted by Crippen LogP contribution is -2.26. The fraction of sp³-hybridized carbons (Fsp3) is 0.583. The van der Waals surface area contributed by atoms with Crippen molar-refractivity contribution in [3.63, 3.8) is 0 Å². The molecular weight excluding hydrogens is 192 g/mol. The maximum atomic E-state index is 11.5. The summed E-state index contributed by atoms with van der Waals surface area (Å²) in [6.07, 6.45) is 5.39. The highest BCUT2D eigenvalue weighted by Crippen LogP contribution is 2.49. The molecule has 15 heavy (non-hydrogen) atoms. The van der Waals surface area contributed by atoms with Crippen LogP contribution in [0.15, 0.2) is 24.3 Å². The minimum atomic E-state index is -0.00576. The summed E-state index contributed by atoms with van der Waals surface area (Å²) < 4.78 is 10.2. The lowest BCUT2D eigenvalue weighted by Gasteiger charge is -2.26. The third-order valence-corrected chi connectivity index (χ3v) is 3.22. The van der Waals surface area contributed by atoms with Gasteiger partial charge in [-0.3, -0.25) is 4.79 Å². The Bertz CT molecular complexity index is 319. The van der Waals surface area contributed by atoms with Crippen LogP contribution in [0, 0.1) is 11.3 Å². The molecule has 0 aromatic carbocycles. The molecule has 0 saturated heterocycles. The Balaban J connectivity index is 2.06. The molecule has 0 radical (unpaired) electrons. The molecule has 0 aromatic rings. The average molecular weight is 208 g/mol. The van der Waals surface area contributed by atoms with Gasteiger partial charge in [0.1, 0.15) is 6.79 Å². The van der Waals surface area contributed by atoms with Crippen molar-refractivity contribution in [2.45, 2.75) is 12.8 Å². The van der Waals surface area contributed by atoms with Gasteiger partial charge in [0, 0.05) is 18.4 Å².